The van der Waals surface area contributed by atoms with Crippen molar-refractivity contribution >= 4 is 34.9 Å². The number of phenols is 1. The summed E-state index contributed by atoms with van der Waals surface area (Å²) < 4.78 is 12.8. The van der Waals surface area contributed by atoms with Crippen LogP contribution in [0.2, 0.25) is 0 Å². The van der Waals surface area contributed by atoms with Gasteiger partial charge >= 0.3 is 5.69 Å². The van der Waals surface area contributed by atoms with E-state index >= 15 is 0 Å². The molecule has 3 N–H and O–H groups in total. The molecule has 2 aromatic carbocycles. The molecule has 0 aliphatic heterocycles. The monoisotopic (exact) mass is 334 g/mol. The quantitative estimate of drug-likeness (QED) is 0.344. The second-order valence-corrected chi connectivity index (χ2v) is 4.74. The SMILES string of the molecule is O=[N+]([O-])c1cc(/C=N\NC(=S)Nc2ccc(F)cc2)ccc1O. The number of hydrazone groups is 1. The zero-order valence-corrected chi connectivity index (χ0v) is 12.4. The smallest absolute Gasteiger partial charge is 0.311 e. The number of thiocarbonyl (C=S) groups is 1. The number of anilines is 1. The Balaban J connectivity index is 1.96. The van der Waals surface area contributed by atoms with Crippen LogP contribution < -0.4 is 10.7 Å². The van der Waals surface area contributed by atoms with Crippen molar-refractivity contribution in [3.63, 3.8) is 0 Å². The number of phenolic OH excluding ortho intramolecular Hbond substituents is 1. The Kier molecular flexibility index (Phi) is 5.15. The molecule has 2 rings (SSSR count). The zero-order valence-electron chi connectivity index (χ0n) is 11.6. The van der Waals surface area contributed by atoms with Crippen LogP contribution >= 0.6 is 12.2 Å². The van der Waals surface area contributed by atoms with Crippen molar-refractivity contribution in [2.24, 2.45) is 5.10 Å². The summed E-state index contributed by atoms with van der Waals surface area (Å²) in [6.45, 7) is 0. The molecule has 9 heteroatoms. The Hall–Kier alpha value is -3.07. The maximum absolute atomic E-state index is 12.8. The molecule has 0 aromatic heterocycles. The average molecular weight is 334 g/mol. The minimum Gasteiger partial charge on any atom is -0.502 e. The number of nitro benzene ring substituents is 1. The number of hydrogen-bond donors (Lipinski definition) is 3. The molecule has 0 radical (unpaired) electrons. The van der Waals surface area contributed by atoms with Gasteiger partial charge in [-0.2, -0.15) is 5.10 Å². The summed E-state index contributed by atoms with van der Waals surface area (Å²) in [5.41, 5.74) is 3.10. The fraction of sp³-hybridized carbons (Fsp3) is 0. The van der Waals surface area contributed by atoms with Gasteiger partial charge in [0.05, 0.1) is 11.1 Å². The largest absolute Gasteiger partial charge is 0.502 e. The second kappa shape index (κ2) is 7.27. The summed E-state index contributed by atoms with van der Waals surface area (Å²) in [5, 5.41) is 26.8. The van der Waals surface area contributed by atoms with Crippen LogP contribution in [0.1, 0.15) is 5.56 Å². The molecule has 0 unspecified atom stereocenters. The Bertz CT molecular complexity index is 765. The minimum absolute atomic E-state index is 0.168. The van der Waals surface area contributed by atoms with E-state index < -0.39 is 16.4 Å². The zero-order chi connectivity index (χ0) is 16.8. The first-order chi connectivity index (χ1) is 11.0. The maximum Gasteiger partial charge on any atom is 0.311 e. The molecule has 2 aromatic rings. The first-order valence-corrected chi connectivity index (χ1v) is 6.69. The van der Waals surface area contributed by atoms with Gasteiger partial charge in [0.25, 0.3) is 0 Å². The lowest BCUT2D eigenvalue weighted by Gasteiger charge is -2.06. The van der Waals surface area contributed by atoms with E-state index in [0.29, 0.717) is 11.3 Å². The van der Waals surface area contributed by atoms with Gasteiger partial charge in [-0.15, -0.1) is 0 Å². The lowest BCUT2D eigenvalue weighted by Crippen LogP contribution is -2.23. The third kappa shape index (κ3) is 4.71. The maximum atomic E-state index is 12.8. The third-order valence-electron chi connectivity index (χ3n) is 2.68. The summed E-state index contributed by atoms with van der Waals surface area (Å²) in [5.74, 6) is -0.782. The average Bonchev–Trinajstić information content (AvgIpc) is 2.51. The topological polar surface area (TPSA) is 99.8 Å². The standard InChI is InChI=1S/C14H11FN4O3S/c15-10-2-4-11(5-3-10)17-14(23)18-16-8-9-1-6-13(20)12(7-9)19(21)22/h1-8,20H,(H2,17,18,23)/b16-8-. The number of nitrogens with one attached hydrogen (secondary N) is 2. The molecular formula is C14H11FN4O3S. The molecule has 118 valence electrons. The van der Waals surface area contributed by atoms with Gasteiger partial charge in [0, 0.05) is 17.3 Å². The fourth-order valence-corrected chi connectivity index (χ4v) is 1.80. The number of nitro groups is 1. The summed E-state index contributed by atoms with van der Waals surface area (Å²) in [7, 11) is 0. The Morgan fingerprint density at radius 1 is 1.30 bits per heavy atom. The van der Waals surface area contributed by atoms with E-state index in [1.54, 1.807) is 0 Å². The van der Waals surface area contributed by atoms with E-state index in [1.807, 2.05) is 0 Å². The summed E-state index contributed by atoms with van der Waals surface area (Å²) in [4.78, 5) is 10.0. The van der Waals surface area contributed by atoms with Gasteiger partial charge < -0.3 is 10.4 Å². The highest BCUT2D eigenvalue weighted by molar-refractivity contribution is 7.80. The highest BCUT2D eigenvalue weighted by Gasteiger charge is 2.12. The number of halogens is 1. The molecule has 7 nitrogen and oxygen atoms in total. The van der Waals surface area contributed by atoms with Crippen LogP contribution in [-0.2, 0) is 0 Å². The van der Waals surface area contributed by atoms with Gasteiger partial charge in [0.15, 0.2) is 10.9 Å². The van der Waals surface area contributed by atoms with Gasteiger partial charge in [-0.3, -0.25) is 15.5 Å². The highest BCUT2D eigenvalue weighted by Crippen LogP contribution is 2.25. The van der Waals surface area contributed by atoms with Crippen LogP contribution in [0.5, 0.6) is 5.75 Å². The first kappa shape index (κ1) is 16.3. The number of nitrogens with zero attached hydrogens (tertiary/aromatic N) is 2. The number of aromatic hydroxyl groups is 1. The molecule has 0 fully saturated rings. The van der Waals surface area contributed by atoms with Crippen molar-refractivity contribution < 1.29 is 14.4 Å². The number of hydrogen-bond acceptors (Lipinski definition) is 5. The molecule has 0 amide bonds. The molecule has 0 saturated carbocycles. The number of benzene rings is 2. The van der Waals surface area contributed by atoms with Crippen LogP contribution in [0.3, 0.4) is 0 Å². The van der Waals surface area contributed by atoms with E-state index in [1.165, 1.54) is 48.7 Å². The first-order valence-electron chi connectivity index (χ1n) is 6.29. The van der Waals surface area contributed by atoms with Crippen molar-refractivity contribution in [3.8, 4) is 5.75 Å². The summed E-state index contributed by atoms with van der Waals surface area (Å²) in [6.07, 6.45) is 1.31. The highest BCUT2D eigenvalue weighted by atomic mass is 32.1. The lowest BCUT2D eigenvalue weighted by molar-refractivity contribution is -0.385. The van der Waals surface area contributed by atoms with Crippen molar-refractivity contribution in [1.29, 1.82) is 0 Å². The Morgan fingerprint density at radius 3 is 2.65 bits per heavy atom. The van der Waals surface area contributed by atoms with Crippen LogP contribution in [0.4, 0.5) is 15.8 Å². The fourth-order valence-electron chi connectivity index (χ4n) is 1.62. The molecule has 0 aliphatic carbocycles. The Labute approximate surface area is 135 Å². The molecule has 0 bridgehead atoms. The minimum atomic E-state index is -0.694. The van der Waals surface area contributed by atoms with E-state index in [2.05, 4.69) is 15.8 Å². The van der Waals surface area contributed by atoms with E-state index in [4.69, 9.17) is 12.2 Å². The second-order valence-electron chi connectivity index (χ2n) is 4.34. The van der Waals surface area contributed by atoms with E-state index in [9.17, 15) is 19.6 Å². The molecule has 23 heavy (non-hydrogen) atoms. The van der Waals surface area contributed by atoms with Gasteiger partial charge in [0.2, 0.25) is 0 Å². The van der Waals surface area contributed by atoms with Gasteiger partial charge in [0.1, 0.15) is 5.82 Å². The van der Waals surface area contributed by atoms with Crippen molar-refractivity contribution in [2.45, 2.75) is 0 Å². The molecule has 0 heterocycles. The third-order valence-corrected chi connectivity index (χ3v) is 2.87. The van der Waals surface area contributed by atoms with Crippen LogP contribution in [0.15, 0.2) is 47.6 Å². The van der Waals surface area contributed by atoms with Crippen LogP contribution in [0.25, 0.3) is 0 Å². The van der Waals surface area contributed by atoms with Crippen molar-refractivity contribution in [1.82, 2.24) is 5.43 Å². The van der Waals surface area contributed by atoms with Crippen LogP contribution in [0, 0.1) is 15.9 Å². The van der Waals surface area contributed by atoms with E-state index in [0.717, 1.165) is 0 Å². The summed E-state index contributed by atoms with van der Waals surface area (Å²) >= 11 is 4.99. The van der Waals surface area contributed by atoms with Crippen molar-refractivity contribution in [3.05, 3.63) is 64.0 Å². The lowest BCUT2D eigenvalue weighted by atomic mass is 10.2. The van der Waals surface area contributed by atoms with Crippen molar-refractivity contribution in [2.75, 3.05) is 5.32 Å². The molecule has 0 spiro atoms. The van der Waals surface area contributed by atoms with Gasteiger partial charge in [-0.05, 0) is 48.6 Å². The predicted molar refractivity (Wildman–Crippen MR) is 88.1 cm³/mol. The molecule has 0 saturated heterocycles. The van der Waals surface area contributed by atoms with Gasteiger partial charge in [-0.1, -0.05) is 0 Å². The van der Waals surface area contributed by atoms with Crippen LogP contribution in [-0.4, -0.2) is 21.4 Å². The molecule has 0 aliphatic rings. The Morgan fingerprint density at radius 2 is 2.00 bits per heavy atom. The molecule has 0 atom stereocenters. The molecular weight excluding hydrogens is 323 g/mol. The predicted octanol–water partition coefficient (Wildman–Crippen LogP) is 2.76. The summed E-state index contributed by atoms with van der Waals surface area (Å²) in [6, 6.07) is 9.43. The van der Waals surface area contributed by atoms with E-state index in [-0.39, 0.29) is 10.9 Å². The van der Waals surface area contributed by atoms with Gasteiger partial charge in [-0.25, -0.2) is 4.39 Å². The number of rotatable bonds is 4. The normalized spacial score (nSPS) is 10.5.